The maximum Gasteiger partial charge on any atom is 0.331 e. The number of carbonyl (C=O) groups excluding carboxylic acids is 2. The highest BCUT2D eigenvalue weighted by Crippen LogP contribution is 2.22. The fourth-order valence-electron chi connectivity index (χ4n) is 3.72. The lowest BCUT2D eigenvalue weighted by Crippen LogP contribution is -2.40. The fraction of sp³-hybridized carbons (Fsp3) is 0.360. The van der Waals surface area contributed by atoms with Gasteiger partial charge < -0.3 is 14.8 Å². The van der Waals surface area contributed by atoms with Crippen LogP contribution in [0, 0.1) is 20.8 Å². The SMILES string of the molecule is Cc1cc(C)c(NC(=O)C(C)OC(=O)/C=C/c2ccc(S(=O)(=O)N3CCOCC3)cc2)c(C)c1. The van der Waals surface area contributed by atoms with Gasteiger partial charge in [-0.2, -0.15) is 4.31 Å². The van der Waals surface area contributed by atoms with E-state index in [-0.39, 0.29) is 4.90 Å². The van der Waals surface area contributed by atoms with Crippen LogP contribution in [-0.2, 0) is 29.1 Å². The first kappa shape index (κ1) is 25.6. The van der Waals surface area contributed by atoms with Crippen LogP contribution >= 0.6 is 0 Å². The number of esters is 1. The molecule has 182 valence electrons. The zero-order valence-corrected chi connectivity index (χ0v) is 20.6. The molecule has 0 aliphatic carbocycles. The van der Waals surface area contributed by atoms with Crippen molar-refractivity contribution in [3.05, 3.63) is 64.7 Å². The number of hydrogen-bond acceptors (Lipinski definition) is 6. The van der Waals surface area contributed by atoms with Gasteiger partial charge in [-0.15, -0.1) is 0 Å². The highest BCUT2D eigenvalue weighted by atomic mass is 32.2. The van der Waals surface area contributed by atoms with Gasteiger partial charge >= 0.3 is 5.97 Å². The van der Waals surface area contributed by atoms with Crippen molar-refractivity contribution in [3.8, 4) is 0 Å². The molecule has 1 saturated heterocycles. The highest BCUT2D eigenvalue weighted by Gasteiger charge is 2.26. The number of amides is 1. The van der Waals surface area contributed by atoms with Crippen molar-refractivity contribution in [1.82, 2.24) is 4.31 Å². The smallest absolute Gasteiger partial charge is 0.331 e. The predicted octanol–water partition coefficient (Wildman–Crippen LogP) is 3.22. The van der Waals surface area contributed by atoms with Crippen molar-refractivity contribution in [2.45, 2.75) is 38.7 Å². The fourth-order valence-corrected chi connectivity index (χ4v) is 5.13. The minimum absolute atomic E-state index is 0.182. The number of aryl methyl sites for hydroxylation is 3. The molecule has 3 rings (SSSR count). The Morgan fingerprint density at radius 1 is 1.06 bits per heavy atom. The molecule has 1 N–H and O–H groups in total. The van der Waals surface area contributed by atoms with E-state index in [1.54, 1.807) is 12.1 Å². The van der Waals surface area contributed by atoms with Crippen LogP contribution in [0.3, 0.4) is 0 Å². The van der Waals surface area contributed by atoms with Crippen LogP contribution in [0.15, 0.2) is 47.4 Å². The van der Waals surface area contributed by atoms with Crippen molar-refractivity contribution in [2.75, 3.05) is 31.6 Å². The molecule has 1 aliphatic rings. The Hall–Kier alpha value is -3.01. The molecule has 8 nitrogen and oxygen atoms in total. The second-order valence-corrected chi connectivity index (χ2v) is 10.2. The number of rotatable bonds is 7. The van der Waals surface area contributed by atoms with E-state index < -0.39 is 28.0 Å². The maximum atomic E-state index is 12.7. The van der Waals surface area contributed by atoms with Gasteiger partial charge in [-0.25, -0.2) is 13.2 Å². The van der Waals surface area contributed by atoms with Gasteiger partial charge in [0.2, 0.25) is 10.0 Å². The molecule has 1 heterocycles. The first-order chi connectivity index (χ1) is 16.1. The van der Waals surface area contributed by atoms with Crippen molar-refractivity contribution < 1.29 is 27.5 Å². The Morgan fingerprint density at radius 2 is 1.65 bits per heavy atom. The molecule has 2 aromatic rings. The lowest BCUT2D eigenvalue weighted by Gasteiger charge is -2.26. The van der Waals surface area contributed by atoms with Crippen LogP contribution in [0.2, 0.25) is 0 Å². The molecule has 1 fully saturated rings. The van der Waals surface area contributed by atoms with Gasteiger partial charge in [0.15, 0.2) is 6.10 Å². The number of hydrogen-bond donors (Lipinski definition) is 1. The third-order valence-electron chi connectivity index (χ3n) is 5.49. The summed E-state index contributed by atoms with van der Waals surface area (Å²) >= 11 is 0. The topological polar surface area (TPSA) is 102 Å². The lowest BCUT2D eigenvalue weighted by atomic mass is 10.0. The minimum atomic E-state index is -3.58. The minimum Gasteiger partial charge on any atom is -0.449 e. The molecule has 34 heavy (non-hydrogen) atoms. The number of ether oxygens (including phenoxy) is 2. The number of morpholine rings is 1. The van der Waals surface area contributed by atoms with Crippen LogP contribution in [-0.4, -0.2) is 57.0 Å². The molecule has 0 spiro atoms. The van der Waals surface area contributed by atoms with Crippen molar-refractivity contribution in [2.24, 2.45) is 0 Å². The van der Waals surface area contributed by atoms with Crippen LogP contribution in [0.25, 0.3) is 6.08 Å². The Balaban J connectivity index is 1.57. The summed E-state index contributed by atoms with van der Waals surface area (Å²) in [6.07, 6.45) is 1.72. The molecule has 1 atom stereocenters. The third kappa shape index (κ3) is 6.31. The summed E-state index contributed by atoms with van der Waals surface area (Å²) < 4.78 is 37.2. The largest absolute Gasteiger partial charge is 0.449 e. The quantitative estimate of drug-likeness (QED) is 0.476. The summed E-state index contributed by atoms with van der Waals surface area (Å²) in [4.78, 5) is 24.9. The molecule has 1 amide bonds. The zero-order chi connectivity index (χ0) is 24.9. The van der Waals surface area contributed by atoms with Gasteiger partial charge in [-0.05, 0) is 62.6 Å². The summed E-state index contributed by atoms with van der Waals surface area (Å²) in [6, 6.07) is 10.2. The Bertz CT molecular complexity index is 1160. The Kier molecular flexibility index (Phi) is 8.24. The third-order valence-corrected chi connectivity index (χ3v) is 7.40. The van der Waals surface area contributed by atoms with Gasteiger partial charge in [0.25, 0.3) is 5.91 Å². The van der Waals surface area contributed by atoms with Crippen molar-refractivity contribution in [1.29, 1.82) is 0 Å². The molecule has 0 bridgehead atoms. The van der Waals surface area contributed by atoms with E-state index in [0.717, 1.165) is 16.7 Å². The number of nitrogens with zero attached hydrogens (tertiary/aromatic N) is 1. The standard InChI is InChI=1S/C25H30N2O6S/c1-17-15-18(2)24(19(3)16-17)26-25(29)20(4)33-23(28)10-7-21-5-8-22(9-6-21)34(30,31)27-11-13-32-14-12-27/h5-10,15-16,20H,11-14H2,1-4H3,(H,26,29)/b10-7+. The first-order valence-electron chi connectivity index (χ1n) is 11.0. The van der Waals surface area contributed by atoms with Gasteiger partial charge in [0.05, 0.1) is 18.1 Å². The van der Waals surface area contributed by atoms with Crippen molar-refractivity contribution in [3.63, 3.8) is 0 Å². The van der Waals surface area contributed by atoms with Crippen LogP contribution < -0.4 is 5.32 Å². The van der Waals surface area contributed by atoms with E-state index in [0.29, 0.717) is 37.6 Å². The van der Waals surface area contributed by atoms with Gasteiger partial charge in [-0.3, -0.25) is 4.79 Å². The Labute approximate surface area is 200 Å². The number of carbonyl (C=O) groups is 2. The van der Waals surface area contributed by atoms with E-state index in [1.165, 1.54) is 35.5 Å². The number of nitrogens with one attached hydrogen (secondary N) is 1. The van der Waals surface area contributed by atoms with E-state index in [2.05, 4.69) is 5.32 Å². The van der Waals surface area contributed by atoms with E-state index >= 15 is 0 Å². The molecular weight excluding hydrogens is 456 g/mol. The molecule has 1 aliphatic heterocycles. The average Bonchev–Trinajstić information content (AvgIpc) is 2.80. The number of anilines is 1. The van der Waals surface area contributed by atoms with E-state index in [1.807, 2.05) is 32.9 Å². The molecule has 1 unspecified atom stereocenters. The molecule has 9 heteroatoms. The van der Waals surface area contributed by atoms with Crippen molar-refractivity contribution >= 4 is 33.7 Å². The van der Waals surface area contributed by atoms with Crippen LogP contribution in [0.5, 0.6) is 0 Å². The van der Waals surface area contributed by atoms with Crippen LogP contribution in [0.1, 0.15) is 29.2 Å². The zero-order valence-electron chi connectivity index (χ0n) is 19.8. The summed E-state index contributed by atoms with van der Waals surface area (Å²) in [5.41, 5.74) is 4.30. The summed E-state index contributed by atoms with van der Waals surface area (Å²) in [7, 11) is -3.58. The average molecular weight is 487 g/mol. The number of sulfonamides is 1. The van der Waals surface area contributed by atoms with Gasteiger partial charge in [-0.1, -0.05) is 29.8 Å². The predicted molar refractivity (Wildman–Crippen MR) is 130 cm³/mol. The van der Waals surface area contributed by atoms with Crippen LogP contribution in [0.4, 0.5) is 5.69 Å². The summed E-state index contributed by atoms with van der Waals surface area (Å²) in [6.45, 7) is 8.71. The number of benzene rings is 2. The summed E-state index contributed by atoms with van der Waals surface area (Å²) in [5, 5.41) is 2.82. The first-order valence-corrected chi connectivity index (χ1v) is 12.5. The van der Waals surface area contributed by atoms with Gasteiger partial charge in [0, 0.05) is 24.9 Å². The second kappa shape index (κ2) is 10.9. The van der Waals surface area contributed by atoms with E-state index in [4.69, 9.17) is 9.47 Å². The maximum absolute atomic E-state index is 12.7. The molecule has 2 aromatic carbocycles. The van der Waals surface area contributed by atoms with E-state index in [9.17, 15) is 18.0 Å². The Morgan fingerprint density at radius 3 is 2.24 bits per heavy atom. The normalized spacial score (nSPS) is 15.8. The molecule has 0 saturated carbocycles. The van der Waals surface area contributed by atoms with Gasteiger partial charge in [0.1, 0.15) is 0 Å². The molecule has 0 aromatic heterocycles. The monoisotopic (exact) mass is 486 g/mol. The highest BCUT2D eigenvalue weighted by molar-refractivity contribution is 7.89. The second-order valence-electron chi connectivity index (χ2n) is 8.26. The molecule has 0 radical (unpaired) electrons. The lowest BCUT2D eigenvalue weighted by molar-refractivity contribution is -0.148. The molecular formula is C25H30N2O6S. The summed E-state index contributed by atoms with van der Waals surface area (Å²) in [5.74, 6) is -1.10.